The van der Waals surface area contributed by atoms with Gasteiger partial charge in [0, 0.05) is 12.6 Å². The first kappa shape index (κ1) is 12.8. The Morgan fingerprint density at radius 1 is 1.46 bits per heavy atom. The predicted octanol–water partition coefficient (Wildman–Crippen LogP) is 2.27. The molecule has 0 fully saturated rings. The van der Waals surface area contributed by atoms with E-state index in [1.54, 1.807) is 0 Å². The minimum Gasteiger partial charge on any atom is -0.313 e. The highest BCUT2D eigenvalue weighted by molar-refractivity contribution is 7.99. The summed E-state index contributed by atoms with van der Waals surface area (Å²) in [6.45, 7) is 7.12. The standard InChI is InChI=1S/C10H20N2S/c1-4-13-6-5-10(3)12-8-9(2)7-11/h9-10,12H,4-6,8H2,1-3H3. The van der Waals surface area contributed by atoms with E-state index in [9.17, 15) is 0 Å². The summed E-state index contributed by atoms with van der Waals surface area (Å²) in [7, 11) is 0. The van der Waals surface area contributed by atoms with Crippen LogP contribution in [-0.2, 0) is 0 Å². The fourth-order valence-electron chi connectivity index (χ4n) is 0.930. The van der Waals surface area contributed by atoms with Crippen LogP contribution in [0, 0.1) is 17.2 Å². The van der Waals surface area contributed by atoms with Crippen LogP contribution in [0.1, 0.15) is 27.2 Å². The first-order valence-electron chi connectivity index (χ1n) is 4.91. The number of hydrogen-bond acceptors (Lipinski definition) is 3. The Bertz CT molecular complexity index is 153. The fourth-order valence-corrected chi connectivity index (χ4v) is 1.74. The van der Waals surface area contributed by atoms with E-state index in [0.29, 0.717) is 6.04 Å². The van der Waals surface area contributed by atoms with Crippen LogP contribution < -0.4 is 5.32 Å². The summed E-state index contributed by atoms with van der Waals surface area (Å²) < 4.78 is 0. The van der Waals surface area contributed by atoms with Gasteiger partial charge < -0.3 is 5.32 Å². The van der Waals surface area contributed by atoms with Crippen molar-refractivity contribution < 1.29 is 0 Å². The first-order valence-corrected chi connectivity index (χ1v) is 6.06. The fraction of sp³-hybridized carbons (Fsp3) is 0.900. The summed E-state index contributed by atoms with van der Waals surface area (Å²) in [5.74, 6) is 2.54. The van der Waals surface area contributed by atoms with Gasteiger partial charge in [0.15, 0.2) is 0 Å². The Morgan fingerprint density at radius 3 is 2.69 bits per heavy atom. The van der Waals surface area contributed by atoms with Crippen LogP contribution in [-0.4, -0.2) is 24.1 Å². The molecule has 1 N–H and O–H groups in total. The lowest BCUT2D eigenvalue weighted by Crippen LogP contribution is -2.30. The van der Waals surface area contributed by atoms with Gasteiger partial charge in [-0.05, 0) is 31.8 Å². The van der Waals surface area contributed by atoms with Crippen molar-refractivity contribution in [3.05, 3.63) is 0 Å². The van der Waals surface area contributed by atoms with Crippen LogP contribution >= 0.6 is 11.8 Å². The molecule has 2 atom stereocenters. The lowest BCUT2D eigenvalue weighted by Gasteiger charge is -2.13. The third kappa shape index (κ3) is 8.14. The molecule has 0 aromatic heterocycles. The maximum absolute atomic E-state index is 8.57. The summed E-state index contributed by atoms with van der Waals surface area (Å²) in [5.41, 5.74) is 0. The van der Waals surface area contributed by atoms with Gasteiger partial charge in [0.1, 0.15) is 0 Å². The van der Waals surface area contributed by atoms with Gasteiger partial charge in [-0.25, -0.2) is 0 Å². The Morgan fingerprint density at radius 2 is 2.15 bits per heavy atom. The molecular formula is C10H20N2S. The van der Waals surface area contributed by atoms with Crippen LogP contribution in [0.3, 0.4) is 0 Å². The van der Waals surface area contributed by atoms with Crippen LogP contribution in [0.25, 0.3) is 0 Å². The van der Waals surface area contributed by atoms with E-state index in [4.69, 9.17) is 5.26 Å². The molecule has 0 radical (unpaired) electrons. The number of thioether (sulfide) groups is 1. The molecule has 0 rings (SSSR count). The zero-order valence-corrected chi connectivity index (χ0v) is 9.66. The molecule has 3 heteroatoms. The molecule has 0 aliphatic carbocycles. The van der Waals surface area contributed by atoms with Gasteiger partial charge in [-0.15, -0.1) is 0 Å². The maximum Gasteiger partial charge on any atom is 0.0666 e. The highest BCUT2D eigenvalue weighted by atomic mass is 32.2. The van der Waals surface area contributed by atoms with E-state index >= 15 is 0 Å². The molecule has 0 saturated heterocycles. The van der Waals surface area contributed by atoms with Crippen molar-refractivity contribution in [2.45, 2.75) is 33.2 Å². The minimum atomic E-state index is 0.126. The van der Waals surface area contributed by atoms with Crippen molar-refractivity contribution in [1.82, 2.24) is 5.32 Å². The molecule has 0 aromatic rings. The van der Waals surface area contributed by atoms with E-state index in [0.717, 1.165) is 6.54 Å². The summed E-state index contributed by atoms with van der Waals surface area (Å²) in [5, 5.41) is 11.9. The van der Waals surface area contributed by atoms with Crippen LogP contribution in [0.5, 0.6) is 0 Å². The average molecular weight is 200 g/mol. The quantitative estimate of drug-likeness (QED) is 0.640. The van der Waals surface area contributed by atoms with Crippen molar-refractivity contribution >= 4 is 11.8 Å². The second-order valence-electron chi connectivity index (χ2n) is 3.33. The molecule has 0 aliphatic rings. The van der Waals surface area contributed by atoms with Crippen LogP contribution in [0.4, 0.5) is 0 Å². The molecule has 0 amide bonds. The van der Waals surface area contributed by atoms with Crippen molar-refractivity contribution in [3.8, 4) is 6.07 Å². The molecule has 2 unspecified atom stereocenters. The Hall–Kier alpha value is -0.200. The topological polar surface area (TPSA) is 35.8 Å². The maximum atomic E-state index is 8.57. The molecule has 0 aromatic carbocycles. The number of nitriles is 1. The van der Waals surface area contributed by atoms with E-state index in [2.05, 4.69) is 25.2 Å². The normalized spacial score (nSPS) is 14.9. The second-order valence-corrected chi connectivity index (χ2v) is 4.72. The average Bonchev–Trinajstić information content (AvgIpc) is 2.14. The van der Waals surface area contributed by atoms with Gasteiger partial charge in [-0.2, -0.15) is 17.0 Å². The van der Waals surface area contributed by atoms with E-state index in [1.807, 2.05) is 18.7 Å². The zero-order valence-electron chi connectivity index (χ0n) is 8.84. The number of hydrogen-bond donors (Lipinski definition) is 1. The molecule has 0 bridgehead atoms. The molecule has 0 aliphatic heterocycles. The Labute approximate surface area is 86.1 Å². The van der Waals surface area contributed by atoms with Gasteiger partial charge in [0.25, 0.3) is 0 Å². The van der Waals surface area contributed by atoms with Gasteiger partial charge in [0.05, 0.1) is 12.0 Å². The van der Waals surface area contributed by atoms with Crippen molar-refractivity contribution in [3.63, 3.8) is 0 Å². The molecule has 2 nitrogen and oxygen atoms in total. The van der Waals surface area contributed by atoms with Crippen LogP contribution in [0.15, 0.2) is 0 Å². The lowest BCUT2D eigenvalue weighted by atomic mass is 10.2. The lowest BCUT2D eigenvalue weighted by molar-refractivity contribution is 0.503. The van der Waals surface area contributed by atoms with E-state index < -0.39 is 0 Å². The summed E-state index contributed by atoms with van der Waals surface area (Å²) in [4.78, 5) is 0. The Balaban J connectivity index is 3.30. The van der Waals surface area contributed by atoms with Crippen molar-refractivity contribution in [1.29, 1.82) is 5.26 Å². The molecule has 0 spiro atoms. The highest BCUT2D eigenvalue weighted by Gasteiger charge is 2.03. The van der Waals surface area contributed by atoms with Gasteiger partial charge >= 0.3 is 0 Å². The number of nitrogens with one attached hydrogen (secondary N) is 1. The Kier molecular flexibility index (Phi) is 8.27. The summed E-state index contributed by atoms with van der Waals surface area (Å²) >= 11 is 1.97. The second kappa shape index (κ2) is 8.40. The third-order valence-corrected chi connectivity index (χ3v) is 2.82. The zero-order chi connectivity index (χ0) is 10.1. The van der Waals surface area contributed by atoms with E-state index in [-0.39, 0.29) is 5.92 Å². The van der Waals surface area contributed by atoms with Crippen molar-refractivity contribution in [2.24, 2.45) is 5.92 Å². The van der Waals surface area contributed by atoms with Crippen LogP contribution in [0.2, 0.25) is 0 Å². The largest absolute Gasteiger partial charge is 0.313 e. The smallest absolute Gasteiger partial charge is 0.0666 e. The SMILES string of the molecule is CCSCCC(C)NCC(C)C#N. The minimum absolute atomic E-state index is 0.126. The first-order chi connectivity index (χ1) is 6.20. The molecule has 13 heavy (non-hydrogen) atoms. The number of rotatable bonds is 7. The molecule has 0 saturated carbocycles. The number of nitrogens with zero attached hydrogens (tertiary/aromatic N) is 1. The third-order valence-electron chi connectivity index (χ3n) is 1.89. The van der Waals surface area contributed by atoms with Gasteiger partial charge in [-0.3, -0.25) is 0 Å². The summed E-state index contributed by atoms with van der Waals surface area (Å²) in [6, 6.07) is 2.76. The van der Waals surface area contributed by atoms with Gasteiger partial charge in [-0.1, -0.05) is 6.92 Å². The molecule has 0 heterocycles. The molecule has 76 valence electrons. The van der Waals surface area contributed by atoms with Crippen molar-refractivity contribution in [2.75, 3.05) is 18.1 Å². The van der Waals surface area contributed by atoms with E-state index in [1.165, 1.54) is 17.9 Å². The highest BCUT2D eigenvalue weighted by Crippen LogP contribution is 2.03. The molecular weight excluding hydrogens is 180 g/mol. The monoisotopic (exact) mass is 200 g/mol. The summed E-state index contributed by atoms with van der Waals surface area (Å²) in [6.07, 6.45) is 1.19. The predicted molar refractivity (Wildman–Crippen MR) is 59.9 cm³/mol. The van der Waals surface area contributed by atoms with Gasteiger partial charge in [0.2, 0.25) is 0 Å².